The van der Waals surface area contributed by atoms with E-state index in [1.165, 1.54) is 0 Å². The third-order valence-corrected chi connectivity index (χ3v) is 3.34. The average Bonchev–Trinajstić information content (AvgIpc) is 2.63. The number of hydrazone groups is 1. The van der Waals surface area contributed by atoms with E-state index in [1.54, 1.807) is 30.7 Å². The molecule has 0 atom stereocenters. The van der Waals surface area contributed by atoms with E-state index < -0.39 is 0 Å². The number of carbonyl (C=O) groups is 1. The number of aromatic nitrogens is 1. The van der Waals surface area contributed by atoms with E-state index in [-0.39, 0.29) is 5.91 Å². The second-order valence-electron chi connectivity index (χ2n) is 4.92. The first kappa shape index (κ1) is 14.7. The van der Waals surface area contributed by atoms with Crippen molar-refractivity contribution in [3.05, 3.63) is 90.3 Å². The molecular formula is C19H15N3O. The Morgan fingerprint density at radius 1 is 0.870 bits per heavy atom. The van der Waals surface area contributed by atoms with Gasteiger partial charge in [0.05, 0.1) is 6.21 Å². The third kappa shape index (κ3) is 3.89. The number of nitrogens with zero attached hydrogens (tertiary/aromatic N) is 2. The van der Waals surface area contributed by atoms with E-state index in [0.29, 0.717) is 5.56 Å². The van der Waals surface area contributed by atoms with Gasteiger partial charge in [-0.3, -0.25) is 9.78 Å². The molecule has 0 aliphatic rings. The van der Waals surface area contributed by atoms with Gasteiger partial charge in [0.25, 0.3) is 5.91 Å². The van der Waals surface area contributed by atoms with Crippen LogP contribution in [-0.2, 0) is 0 Å². The third-order valence-electron chi connectivity index (χ3n) is 3.34. The Morgan fingerprint density at radius 3 is 2.22 bits per heavy atom. The van der Waals surface area contributed by atoms with Gasteiger partial charge in [0.2, 0.25) is 0 Å². The summed E-state index contributed by atoms with van der Waals surface area (Å²) in [6, 6.07) is 21.1. The van der Waals surface area contributed by atoms with E-state index in [4.69, 9.17) is 0 Å². The molecule has 23 heavy (non-hydrogen) atoms. The van der Waals surface area contributed by atoms with Crippen molar-refractivity contribution >= 4 is 12.1 Å². The van der Waals surface area contributed by atoms with Gasteiger partial charge in [0.15, 0.2) is 0 Å². The van der Waals surface area contributed by atoms with Gasteiger partial charge >= 0.3 is 0 Å². The lowest BCUT2D eigenvalue weighted by Crippen LogP contribution is -2.17. The predicted molar refractivity (Wildman–Crippen MR) is 91.2 cm³/mol. The van der Waals surface area contributed by atoms with Crippen molar-refractivity contribution in [3.63, 3.8) is 0 Å². The number of hydrogen-bond donors (Lipinski definition) is 1. The Hall–Kier alpha value is -3.27. The van der Waals surface area contributed by atoms with E-state index in [0.717, 1.165) is 16.7 Å². The molecule has 2 aromatic carbocycles. The zero-order chi connectivity index (χ0) is 15.9. The minimum absolute atomic E-state index is 0.241. The first-order valence-electron chi connectivity index (χ1n) is 7.22. The Labute approximate surface area is 134 Å². The molecule has 3 aromatic rings. The largest absolute Gasteiger partial charge is 0.271 e. The minimum Gasteiger partial charge on any atom is -0.267 e. The summed E-state index contributed by atoms with van der Waals surface area (Å²) in [5, 5.41) is 3.95. The number of nitrogens with one attached hydrogen (secondary N) is 1. The molecule has 0 aliphatic carbocycles. The van der Waals surface area contributed by atoms with Crippen molar-refractivity contribution in [3.8, 4) is 11.1 Å². The maximum absolute atomic E-state index is 12.0. The molecule has 4 nitrogen and oxygen atoms in total. The highest BCUT2D eigenvalue weighted by molar-refractivity contribution is 5.95. The molecule has 0 bridgehead atoms. The van der Waals surface area contributed by atoms with Crippen LogP contribution < -0.4 is 5.43 Å². The van der Waals surface area contributed by atoms with Crippen LogP contribution in [0.4, 0.5) is 0 Å². The SMILES string of the molecule is O=C(NN=Cc1ccncc1)c1ccc(-c2ccccc2)cc1. The molecule has 0 unspecified atom stereocenters. The van der Waals surface area contributed by atoms with Gasteiger partial charge in [-0.25, -0.2) is 5.43 Å². The molecule has 1 N–H and O–H groups in total. The lowest BCUT2D eigenvalue weighted by atomic mass is 10.0. The van der Waals surface area contributed by atoms with Crippen LogP contribution in [0.2, 0.25) is 0 Å². The van der Waals surface area contributed by atoms with E-state index in [1.807, 2.05) is 54.6 Å². The minimum atomic E-state index is -0.241. The van der Waals surface area contributed by atoms with Gasteiger partial charge in [0.1, 0.15) is 0 Å². The standard InChI is InChI=1S/C19H15N3O/c23-19(22-21-14-15-10-12-20-13-11-15)18-8-6-17(7-9-18)16-4-2-1-3-5-16/h1-14H,(H,22,23). The fraction of sp³-hybridized carbons (Fsp3) is 0. The Balaban J connectivity index is 1.65. The highest BCUT2D eigenvalue weighted by Gasteiger charge is 2.04. The maximum atomic E-state index is 12.0. The summed E-state index contributed by atoms with van der Waals surface area (Å²) in [4.78, 5) is 16.0. The summed E-state index contributed by atoms with van der Waals surface area (Å²) >= 11 is 0. The summed E-state index contributed by atoms with van der Waals surface area (Å²) in [5.74, 6) is -0.241. The summed E-state index contributed by atoms with van der Waals surface area (Å²) < 4.78 is 0. The predicted octanol–water partition coefficient (Wildman–Crippen LogP) is 3.51. The van der Waals surface area contributed by atoms with Crippen LogP contribution >= 0.6 is 0 Å². The highest BCUT2D eigenvalue weighted by Crippen LogP contribution is 2.19. The topological polar surface area (TPSA) is 54.4 Å². The molecule has 1 heterocycles. The van der Waals surface area contributed by atoms with Crippen LogP contribution in [0, 0.1) is 0 Å². The zero-order valence-corrected chi connectivity index (χ0v) is 12.4. The van der Waals surface area contributed by atoms with Gasteiger partial charge in [0, 0.05) is 18.0 Å². The van der Waals surface area contributed by atoms with Crippen molar-refractivity contribution < 1.29 is 4.79 Å². The van der Waals surface area contributed by atoms with E-state index >= 15 is 0 Å². The lowest BCUT2D eigenvalue weighted by molar-refractivity contribution is 0.0955. The van der Waals surface area contributed by atoms with Crippen molar-refractivity contribution in [2.24, 2.45) is 5.10 Å². The molecule has 1 amide bonds. The molecule has 112 valence electrons. The first-order chi connectivity index (χ1) is 11.3. The van der Waals surface area contributed by atoms with Gasteiger partial charge in [-0.1, -0.05) is 42.5 Å². The molecule has 0 spiro atoms. The molecule has 4 heteroatoms. The van der Waals surface area contributed by atoms with Crippen LogP contribution in [0.3, 0.4) is 0 Å². The molecule has 0 radical (unpaired) electrons. The van der Waals surface area contributed by atoms with Crippen LogP contribution in [0.1, 0.15) is 15.9 Å². The molecular weight excluding hydrogens is 286 g/mol. The zero-order valence-electron chi connectivity index (χ0n) is 12.4. The van der Waals surface area contributed by atoms with Crippen molar-refractivity contribution in [2.75, 3.05) is 0 Å². The molecule has 3 rings (SSSR count). The van der Waals surface area contributed by atoms with Crippen LogP contribution in [0.25, 0.3) is 11.1 Å². The lowest BCUT2D eigenvalue weighted by Gasteiger charge is -2.03. The average molecular weight is 301 g/mol. The number of pyridine rings is 1. The summed E-state index contributed by atoms with van der Waals surface area (Å²) in [7, 11) is 0. The van der Waals surface area contributed by atoms with Crippen LogP contribution in [0.5, 0.6) is 0 Å². The quantitative estimate of drug-likeness (QED) is 0.592. The van der Waals surface area contributed by atoms with Crippen LogP contribution in [-0.4, -0.2) is 17.1 Å². The molecule has 1 aromatic heterocycles. The van der Waals surface area contributed by atoms with Gasteiger partial charge in [-0.2, -0.15) is 5.10 Å². The number of rotatable bonds is 4. The molecule has 0 fully saturated rings. The van der Waals surface area contributed by atoms with Crippen LogP contribution in [0.15, 0.2) is 84.2 Å². The molecule has 0 saturated carbocycles. The second kappa shape index (κ2) is 7.13. The van der Waals surface area contributed by atoms with E-state index in [2.05, 4.69) is 15.5 Å². The normalized spacial score (nSPS) is 10.6. The summed E-state index contributed by atoms with van der Waals surface area (Å²) in [6.07, 6.45) is 4.93. The molecule has 0 saturated heterocycles. The fourth-order valence-corrected chi connectivity index (χ4v) is 2.12. The number of amides is 1. The van der Waals surface area contributed by atoms with Crippen molar-refractivity contribution in [2.45, 2.75) is 0 Å². The van der Waals surface area contributed by atoms with Gasteiger partial charge < -0.3 is 0 Å². The number of benzene rings is 2. The van der Waals surface area contributed by atoms with Gasteiger partial charge in [-0.05, 0) is 41.0 Å². The monoisotopic (exact) mass is 301 g/mol. The Kier molecular flexibility index (Phi) is 4.55. The highest BCUT2D eigenvalue weighted by atomic mass is 16.2. The summed E-state index contributed by atoms with van der Waals surface area (Å²) in [6.45, 7) is 0. The smallest absolute Gasteiger partial charge is 0.267 e. The Bertz CT molecular complexity index is 797. The molecule has 0 aliphatic heterocycles. The first-order valence-corrected chi connectivity index (χ1v) is 7.22. The number of hydrogen-bond acceptors (Lipinski definition) is 3. The Morgan fingerprint density at radius 2 is 1.52 bits per heavy atom. The van der Waals surface area contributed by atoms with Crippen molar-refractivity contribution in [1.29, 1.82) is 0 Å². The van der Waals surface area contributed by atoms with Crippen molar-refractivity contribution in [1.82, 2.24) is 10.4 Å². The second-order valence-corrected chi connectivity index (χ2v) is 4.92. The summed E-state index contributed by atoms with van der Waals surface area (Å²) in [5.41, 5.74) is 6.15. The maximum Gasteiger partial charge on any atom is 0.271 e. The van der Waals surface area contributed by atoms with Gasteiger partial charge in [-0.15, -0.1) is 0 Å². The number of carbonyl (C=O) groups excluding carboxylic acids is 1. The van der Waals surface area contributed by atoms with E-state index in [9.17, 15) is 4.79 Å². The fourth-order valence-electron chi connectivity index (χ4n) is 2.12.